The van der Waals surface area contributed by atoms with E-state index in [2.05, 4.69) is 29.6 Å². The molecule has 0 radical (unpaired) electrons. The predicted molar refractivity (Wildman–Crippen MR) is 81.9 cm³/mol. The molecular formula is C17H20N2O. The minimum absolute atomic E-state index is 0.822. The molecule has 0 bridgehead atoms. The van der Waals surface area contributed by atoms with Crippen molar-refractivity contribution < 1.29 is 4.74 Å². The summed E-state index contributed by atoms with van der Waals surface area (Å²) in [7, 11) is 0. The summed E-state index contributed by atoms with van der Waals surface area (Å²) in [6, 6.07) is 14.5. The Balaban J connectivity index is 1.48. The Hall–Kier alpha value is -2.00. The third kappa shape index (κ3) is 3.11. The fourth-order valence-electron chi connectivity index (χ4n) is 2.56. The molecule has 2 aromatic rings. The summed E-state index contributed by atoms with van der Waals surface area (Å²) in [5.41, 5.74) is 10.5. The largest absolute Gasteiger partial charge is 0.493 e. The first kappa shape index (κ1) is 13.0. The van der Waals surface area contributed by atoms with Gasteiger partial charge in [0.2, 0.25) is 0 Å². The van der Waals surface area contributed by atoms with Crippen molar-refractivity contribution in [1.29, 1.82) is 0 Å². The van der Waals surface area contributed by atoms with Gasteiger partial charge in [0.05, 0.1) is 6.61 Å². The molecule has 20 heavy (non-hydrogen) atoms. The van der Waals surface area contributed by atoms with Crippen LogP contribution in [-0.4, -0.2) is 13.2 Å². The van der Waals surface area contributed by atoms with E-state index in [0.717, 1.165) is 44.0 Å². The number of hydrogen-bond acceptors (Lipinski definition) is 3. The van der Waals surface area contributed by atoms with Crippen molar-refractivity contribution in [1.82, 2.24) is 5.32 Å². The lowest BCUT2D eigenvalue weighted by Crippen LogP contribution is -2.16. The molecule has 1 aliphatic heterocycles. The van der Waals surface area contributed by atoms with Gasteiger partial charge in [-0.15, -0.1) is 0 Å². The van der Waals surface area contributed by atoms with Crippen molar-refractivity contribution >= 4 is 5.69 Å². The topological polar surface area (TPSA) is 47.3 Å². The fourth-order valence-corrected chi connectivity index (χ4v) is 2.56. The molecule has 0 saturated heterocycles. The molecule has 0 fully saturated rings. The highest BCUT2D eigenvalue weighted by atomic mass is 16.5. The van der Waals surface area contributed by atoms with E-state index >= 15 is 0 Å². The summed E-state index contributed by atoms with van der Waals surface area (Å²) in [5, 5.41) is 3.46. The summed E-state index contributed by atoms with van der Waals surface area (Å²) in [6.07, 6.45) is 2.08. The van der Waals surface area contributed by atoms with Crippen LogP contribution in [-0.2, 0) is 19.4 Å². The second-order valence-corrected chi connectivity index (χ2v) is 5.21. The zero-order chi connectivity index (χ0) is 13.8. The van der Waals surface area contributed by atoms with Gasteiger partial charge in [-0.25, -0.2) is 0 Å². The SMILES string of the molecule is Nc1cccc(CNCCc2ccc3c(c2)CCO3)c1. The molecule has 0 saturated carbocycles. The number of rotatable bonds is 5. The van der Waals surface area contributed by atoms with Crippen molar-refractivity contribution in [3.05, 3.63) is 59.2 Å². The molecule has 3 rings (SSSR count). The quantitative estimate of drug-likeness (QED) is 0.647. The predicted octanol–water partition coefficient (Wildman–Crippen LogP) is 2.54. The monoisotopic (exact) mass is 268 g/mol. The van der Waals surface area contributed by atoms with Crippen LogP contribution in [0, 0.1) is 0 Å². The lowest BCUT2D eigenvalue weighted by atomic mass is 10.1. The highest BCUT2D eigenvalue weighted by Gasteiger charge is 2.11. The number of nitrogens with one attached hydrogen (secondary N) is 1. The molecule has 0 spiro atoms. The minimum Gasteiger partial charge on any atom is -0.493 e. The van der Waals surface area contributed by atoms with E-state index in [1.807, 2.05) is 18.2 Å². The maximum absolute atomic E-state index is 5.77. The molecule has 1 aliphatic rings. The highest BCUT2D eigenvalue weighted by Crippen LogP contribution is 2.25. The number of benzene rings is 2. The van der Waals surface area contributed by atoms with Crippen molar-refractivity contribution in [2.24, 2.45) is 0 Å². The molecule has 104 valence electrons. The van der Waals surface area contributed by atoms with E-state index in [0.29, 0.717) is 0 Å². The van der Waals surface area contributed by atoms with Crippen LogP contribution in [0.4, 0.5) is 5.69 Å². The zero-order valence-corrected chi connectivity index (χ0v) is 11.6. The van der Waals surface area contributed by atoms with Crippen molar-refractivity contribution in [3.63, 3.8) is 0 Å². The zero-order valence-electron chi connectivity index (χ0n) is 11.6. The highest BCUT2D eigenvalue weighted by molar-refractivity contribution is 5.41. The van der Waals surface area contributed by atoms with Crippen LogP contribution in [0.25, 0.3) is 0 Å². The molecular weight excluding hydrogens is 248 g/mol. The average molecular weight is 268 g/mol. The van der Waals surface area contributed by atoms with Crippen LogP contribution in [0.5, 0.6) is 5.75 Å². The van der Waals surface area contributed by atoms with Crippen LogP contribution < -0.4 is 15.8 Å². The van der Waals surface area contributed by atoms with Gasteiger partial charge in [0.25, 0.3) is 0 Å². The van der Waals surface area contributed by atoms with Crippen molar-refractivity contribution in [3.8, 4) is 5.75 Å². The molecule has 0 aliphatic carbocycles. The summed E-state index contributed by atoms with van der Waals surface area (Å²) < 4.78 is 5.52. The van der Waals surface area contributed by atoms with Gasteiger partial charge in [-0.3, -0.25) is 0 Å². The third-order valence-electron chi connectivity index (χ3n) is 3.62. The molecule has 0 amide bonds. The van der Waals surface area contributed by atoms with Gasteiger partial charge >= 0.3 is 0 Å². The first-order valence-corrected chi connectivity index (χ1v) is 7.11. The fraction of sp³-hybridized carbons (Fsp3) is 0.294. The molecule has 1 heterocycles. The molecule has 3 N–H and O–H groups in total. The maximum atomic E-state index is 5.77. The van der Waals surface area contributed by atoms with Crippen LogP contribution >= 0.6 is 0 Å². The Bertz CT molecular complexity index is 595. The van der Waals surface area contributed by atoms with Gasteiger partial charge in [0.1, 0.15) is 5.75 Å². The number of ether oxygens (including phenoxy) is 1. The molecule has 3 nitrogen and oxygen atoms in total. The van der Waals surface area contributed by atoms with Gasteiger partial charge < -0.3 is 15.8 Å². The number of nitrogens with two attached hydrogens (primary N) is 1. The van der Waals surface area contributed by atoms with E-state index in [1.165, 1.54) is 16.7 Å². The Morgan fingerprint density at radius 2 is 2.05 bits per heavy atom. The summed E-state index contributed by atoms with van der Waals surface area (Å²) in [4.78, 5) is 0. The molecule has 3 heteroatoms. The second-order valence-electron chi connectivity index (χ2n) is 5.21. The maximum Gasteiger partial charge on any atom is 0.122 e. The Morgan fingerprint density at radius 3 is 2.95 bits per heavy atom. The van der Waals surface area contributed by atoms with Gasteiger partial charge in [0.15, 0.2) is 0 Å². The molecule has 0 atom stereocenters. The Morgan fingerprint density at radius 1 is 1.10 bits per heavy atom. The second kappa shape index (κ2) is 5.97. The smallest absolute Gasteiger partial charge is 0.122 e. The molecule has 0 unspecified atom stereocenters. The lowest BCUT2D eigenvalue weighted by Gasteiger charge is -2.07. The van der Waals surface area contributed by atoms with E-state index in [4.69, 9.17) is 10.5 Å². The lowest BCUT2D eigenvalue weighted by molar-refractivity contribution is 0.357. The normalized spacial score (nSPS) is 13.0. The van der Waals surface area contributed by atoms with Crippen molar-refractivity contribution in [2.45, 2.75) is 19.4 Å². The van der Waals surface area contributed by atoms with Gasteiger partial charge in [-0.1, -0.05) is 24.3 Å². The van der Waals surface area contributed by atoms with E-state index in [9.17, 15) is 0 Å². The van der Waals surface area contributed by atoms with E-state index < -0.39 is 0 Å². The Kier molecular flexibility index (Phi) is 3.88. The summed E-state index contributed by atoms with van der Waals surface area (Å²) >= 11 is 0. The van der Waals surface area contributed by atoms with Gasteiger partial charge in [-0.05, 0) is 47.9 Å². The number of anilines is 1. The first-order valence-electron chi connectivity index (χ1n) is 7.11. The third-order valence-corrected chi connectivity index (χ3v) is 3.62. The van der Waals surface area contributed by atoms with Crippen LogP contribution in [0.1, 0.15) is 16.7 Å². The standard InChI is InChI=1S/C17H20N2O/c18-16-3-1-2-14(11-16)12-19-8-6-13-4-5-17-15(10-13)7-9-20-17/h1-5,10-11,19H,6-9,12,18H2. The average Bonchev–Trinajstić information content (AvgIpc) is 2.91. The molecule has 2 aromatic carbocycles. The van der Waals surface area contributed by atoms with Crippen LogP contribution in [0.15, 0.2) is 42.5 Å². The Labute approximate surface area is 119 Å². The molecule has 0 aromatic heterocycles. The summed E-state index contributed by atoms with van der Waals surface area (Å²) in [5.74, 6) is 1.06. The van der Waals surface area contributed by atoms with E-state index in [1.54, 1.807) is 0 Å². The van der Waals surface area contributed by atoms with Crippen LogP contribution in [0.2, 0.25) is 0 Å². The van der Waals surface area contributed by atoms with Gasteiger partial charge in [0, 0.05) is 18.7 Å². The van der Waals surface area contributed by atoms with Crippen LogP contribution in [0.3, 0.4) is 0 Å². The minimum atomic E-state index is 0.822. The first-order chi connectivity index (χ1) is 9.81. The number of fused-ring (bicyclic) bond motifs is 1. The van der Waals surface area contributed by atoms with Gasteiger partial charge in [-0.2, -0.15) is 0 Å². The number of nitrogen functional groups attached to an aromatic ring is 1. The number of hydrogen-bond donors (Lipinski definition) is 2. The summed E-state index contributed by atoms with van der Waals surface area (Å²) in [6.45, 7) is 2.65. The van der Waals surface area contributed by atoms with E-state index in [-0.39, 0.29) is 0 Å². The van der Waals surface area contributed by atoms with Crippen molar-refractivity contribution in [2.75, 3.05) is 18.9 Å².